The van der Waals surface area contributed by atoms with Crippen LogP contribution in [-0.4, -0.2) is 40.2 Å². The van der Waals surface area contributed by atoms with E-state index in [9.17, 15) is 9.18 Å². The van der Waals surface area contributed by atoms with E-state index < -0.39 is 0 Å². The quantitative estimate of drug-likeness (QED) is 0.572. The third kappa shape index (κ3) is 5.22. The Morgan fingerprint density at radius 1 is 1.29 bits per heavy atom. The zero-order valence-electron chi connectivity index (χ0n) is 18.1. The molecule has 0 bridgehead atoms. The van der Waals surface area contributed by atoms with Crippen LogP contribution in [0, 0.1) is 11.7 Å². The van der Waals surface area contributed by atoms with Gasteiger partial charge in [-0.05, 0) is 66.9 Å². The number of piperidine rings is 1. The van der Waals surface area contributed by atoms with Gasteiger partial charge in [0.1, 0.15) is 5.82 Å². The zero-order valence-corrected chi connectivity index (χ0v) is 18.9. The third-order valence-electron chi connectivity index (χ3n) is 5.78. The topological polar surface area (TPSA) is 50.2 Å². The van der Waals surface area contributed by atoms with Gasteiger partial charge in [0.05, 0.1) is 23.1 Å². The lowest BCUT2D eigenvalue weighted by atomic mass is 9.97. The van der Waals surface area contributed by atoms with E-state index in [-0.39, 0.29) is 17.6 Å². The molecule has 3 aromatic rings. The Morgan fingerprint density at radius 2 is 2.10 bits per heavy atom. The van der Waals surface area contributed by atoms with Crippen molar-refractivity contribution >= 4 is 17.2 Å². The highest BCUT2D eigenvalue weighted by Crippen LogP contribution is 2.24. The van der Waals surface area contributed by atoms with Gasteiger partial charge < -0.3 is 5.32 Å². The third-order valence-corrected chi connectivity index (χ3v) is 6.64. The average Bonchev–Trinajstić information content (AvgIpc) is 3.43. The van der Waals surface area contributed by atoms with Crippen LogP contribution in [0.3, 0.4) is 0 Å². The maximum Gasteiger partial charge on any atom is 0.254 e. The van der Waals surface area contributed by atoms with E-state index in [1.54, 1.807) is 34.3 Å². The minimum absolute atomic E-state index is 0.0903. The molecule has 1 saturated heterocycles. The van der Waals surface area contributed by atoms with E-state index in [0.29, 0.717) is 18.0 Å². The smallest absolute Gasteiger partial charge is 0.254 e. The average molecular weight is 441 g/mol. The lowest BCUT2D eigenvalue weighted by Crippen LogP contribution is -2.40. The summed E-state index contributed by atoms with van der Waals surface area (Å²) in [5, 5.41) is 9.69. The lowest BCUT2D eigenvalue weighted by Gasteiger charge is -2.32. The summed E-state index contributed by atoms with van der Waals surface area (Å²) in [4.78, 5) is 16.9. The standard InChI is InChI=1S/C24H29FN4OS/c1-17(2)23-22(14-27-29(23)20-9-7-19(25)8-10-20)24(30)26-13-18-5-3-11-28(15-18)16-21-6-4-12-31-21/h4,6-10,12,14,17-18H,3,5,11,13,15-16H2,1-2H3,(H,26,30). The molecule has 31 heavy (non-hydrogen) atoms. The Balaban J connectivity index is 1.41. The number of rotatable bonds is 7. The highest BCUT2D eigenvalue weighted by molar-refractivity contribution is 7.09. The number of hydrogen-bond donors (Lipinski definition) is 1. The predicted octanol–water partition coefficient (Wildman–Crippen LogP) is 4.84. The maximum atomic E-state index is 13.3. The molecule has 0 saturated carbocycles. The second-order valence-corrected chi connectivity index (χ2v) is 9.55. The first kappa shape index (κ1) is 21.7. The van der Waals surface area contributed by atoms with Crippen LogP contribution in [0.2, 0.25) is 0 Å². The number of thiophene rings is 1. The Bertz CT molecular complexity index is 997. The van der Waals surface area contributed by atoms with E-state index in [0.717, 1.165) is 43.9 Å². The number of nitrogens with zero attached hydrogens (tertiary/aromatic N) is 3. The highest BCUT2D eigenvalue weighted by Gasteiger charge is 2.24. The second kappa shape index (κ2) is 9.75. The minimum atomic E-state index is -0.291. The first-order valence-corrected chi connectivity index (χ1v) is 11.8. The van der Waals surface area contributed by atoms with E-state index >= 15 is 0 Å². The molecule has 1 atom stereocenters. The molecule has 7 heteroatoms. The number of nitrogens with one attached hydrogen (secondary N) is 1. The van der Waals surface area contributed by atoms with Crippen LogP contribution < -0.4 is 5.32 Å². The summed E-state index contributed by atoms with van der Waals surface area (Å²) in [7, 11) is 0. The van der Waals surface area contributed by atoms with Crippen LogP contribution in [0.15, 0.2) is 48.0 Å². The van der Waals surface area contributed by atoms with Crippen LogP contribution >= 0.6 is 11.3 Å². The highest BCUT2D eigenvalue weighted by atomic mass is 32.1. The molecule has 1 amide bonds. The molecular formula is C24H29FN4OS. The summed E-state index contributed by atoms with van der Waals surface area (Å²) in [5.74, 6) is 0.171. The molecule has 1 fully saturated rings. The summed E-state index contributed by atoms with van der Waals surface area (Å²) in [5.41, 5.74) is 2.18. The van der Waals surface area contributed by atoms with Gasteiger partial charge in [0.2, 0.25) is 0 Å². The Kier molecular flexibility index (Phi) is 6.83. The van der Waals surface area contributed by atoms with Gasteiger partial charge in [-0.15, -0.1) is 11.3 Å². The summed E-state index contributed by atoms with van der Waals surface area (Å²) < 4.78 is 15.0. The summed E-state index contributed by atoms with van der Waals surface area (Å²) >= 11 is 1.80. The minimum Gasteiger partial charge on any atom is -0.352 e. The van der Waals surface area contributed by atoms with Crippen LogP contribution in [0.4, 0.5) is 4.39 Å². The SMILES string of the molecule is CC(C)c1c(C(=O)NCC2CCCN(Cc3cccs3)C2)cnn1-c1ccc(F)cc1. The second-order valence-electron chi connectivity index (χ2n) is 8.52. The van der Waals surface area contributed by atoms with Crippen molar-refractivity contribution in [3.63, 3.8) is 0 Å². The summed E-state index contributed by atoms with van der Waals surface area (Å²) in [6, 6.07) is 10.5. The number of aromatic nitrogens is 2. The van der Waals surface area contributed by atoms with Crippen molar-refractivity contribution in [2.45, 2.75) is 39.2 Å². The number of hydrogen-bond acceptors (Lipinski definition) is 4. The molecule has 1 N–H and O–H groups in total. The van der Waals surface area contributed by atoms with Crippen molar-refractivity contribution in [2.24, 2.45) is 5.92 Å². The van der Waals surface area contributed by atoms with Crippen LogP contribution in [0.1, 0.15) is 53.5 Å². The monoisotopic (exact) mass is 440 g/mol. The fraction of sp³-hybridized carbons (Fsp3) is 0.417. The number of halogens is 1. The van der Waals surface area contributed by atoms with Crippen LogP contribution in [0.25, 0.3) is 5.69 Å². The van der Waals surface area contributed by atoms with Crippen molar-refractivity contribution in [1.82, 2.24) is 20.0 Å². The van der Waals surface area contributed by atoms with Crippen LogP contribution in [-0.2, 0) is 6.54 Å². The molecule has 0 radical (unpaired) electrons. The molecule has 1 aliphatic heterocycles. The molecule has 1 aliphatic rings. The van der Waals surface area contributed by atoms with Gasteiger partial charge in [0.25, 0.3) is 5.91 Å². The first-order valence-electron chi connectivity index (χ1n) is 10.9. The Hall–Kier alpha value is -2.51. The van der Waals surface area contributed by atoms with E-state index in [1.807, 2.05) is 13.8 Å². The van der Waals surface area contributed by atoms with Crippen molar-refractivity contribution in [2.75, 3.05) is 19.6 Å². The van der Waals surface area contributed by atoms with Crippen molar-refractivity contribution in [1.29, 1.82) is 0 Å². The van der Waals surface area contributed by atoms with Gasteiger partial charge in [0, 0.05) is 24.5 Å². The predicted molar refractivity (Wildman–Crippen MR) is 122 cm³/mol. The summed E-state index contributed by atoms with van der Waals surface area (Å²) in [6.07, 6.45) is 3.91. The van der Waals surface area contributed by atoms with Crippen molar-refractivity contribution < 1.29 is 9.18 Å². The number of amides is 1. The fourth-order valence-electron chi connectivity index (χ4n) is 4.29. The molecule has 1 unspecified atom stereocenters. The van der Waals surface area contributed by atoms with Gasteiger partial charge in [0.15, 0.2) is 0 Å². The Morgan fingerprint density at radius 3 is 2.81 bits per heavy atom. The molecule has 0 aliphatic carbocycles. The zero-order chi connectivity index (χ0) is 21.8. The molecule has 1 aromatic carbocycles. The Labute approximate surface area is 186 Å². The van der Waals surface area contributed by atoms with Crippen molar-refractivity contribution in [3.05, 3.63) is 69.9 Å². The first-order chi connectivity index (χ1) is 15.0. The normalized spacial score (nSPS) is 17.2. The van der Waals surface area contributed by atoms with Gasteiger partial charge >= 0.3 is 0 Å². The molecule has 3 heterocycles. The van der Waals surface area contributed by atoms with Gasteiger partial charge in [-0.1, -0.05) is 19.9 Å². The molecule has 2 aromatic heterocycles. The van der Waals surface area contributed by atoms with E-state index in [1.165, 1.54) is 17.0 Å². The van der Waals surface area contributed by atoms with Crippen LogP contribution in [0.5, 0.6) is 0 Å². The lowest BCUT2D eigenvalue weighted by molar-refractivity contribution is 0.0929. The van der Waals surface area contributed by atoms with Gasteiger partial charge in [-0.25, -0.2) is 9.07 Å². The number of likely N-dealkylation sites (tertiary alicyclic amines) is 1. The van der Waals surface area contributed by atoms with E-state index in [2.05, 4.69) is 32.8 Å². The molecule has 4 rings (SSSR count). The number of benzene rings is 1. The van der Waals surface area contributed by atoms with Gasteiger partial charge in [-0.3, -0.25) is 9.69 Å². The number of carbonyl (C=O) groups is 1. The molecular weight excluding hydrogens is 411 g/mol. The molecule has 164 valence electrons. The molecule has 0 spiro atoms. The molecule has 5 nitrogen and oxygen atoms in total. The maximum absolute atomic E-state index is 13.3. The summed E-state index contributed by atoms with van der Waals surface area (Å²) in [6.45, 7) is 7.85. The number of carbonyl (C=O) groups excluding carboxylic acids is 1. The van der Waals surface area contributed by atoms with Gasteiger partial charge in [-0.2, -0.15) is 5.10 Å². The fourth-order valence-corrected chi connectivity index (χ4v) is 5.04. The van der Waals surface area contributed by atoms with E-state index in [4.69, 9.17) is 0 Å². The largest absolute Gasteiger partial charge is 0.352 e. The van der Waals surface area contributed by atoms with Crippen molar-refractivity contribution in [3.8, 4) is 5.69 Å².